The SMILES string of the molecule is Clc1ccc2c(-[n+]3ccccc3)nc(-[n+]3ccccc3)nc2c1. The van der Waals surface area contributed by atoms with Crippen LogP contribution in [-0.2, 0) is 0 Å². The van der Waals surface area contributed by atoms with Crippen molar-refractivity contribution < 1.29 is 9.13 Å². The number of aromatic nitrogens is 4. The first-order valence-electron chi connectivity index (χ1n) is 7.22. The minimum absolute atomic E-state index is 0.603. The summed E-state index contributed by atoms with van der Waals surface area (Å²) >= 11 is 6.14. The smallest absolute Gasteiger partial charge is 0.210 e. The maximum absolute atomic E-state index is 6.14. The lowest BCUT2D eigenvalue weighted by atomic mass is 10.2. The third kappa shape index (κ3) is 2.64. The van der Waals surface area contributed by atoms with Crippen molar-refractivity contribution in [3.05, 3.63) is 84.4 Å². The van der Waals surface area contributed by atoms with Gasteiger partial charge in [0, 0.05) is 11.1 Å². The average molecular weight is 321 g/mol. The van der Waals surface area contributed by atoms with E-state index in [0.717, 1.165) is 16.7 Å². The molecule has 4 aromatic rings. The normalized spacial score (nSPS) is 10.8. The zero-order chi connectivity index (χ0) is 15.6. The Morgan fingerprint density at radius 2 is 1.39 bits per heavy atom. The van der Waals surface area contributed by atoms with Crippen molar-refractivity contribution >= 4 is 22.5 Å². The highest BCUT2D eigenvalue weighted by atomic mass is 35.5. The molecular weight excluding hydrogens is 308 g/mol. The van der Waals surface area contributed by atoms with Gasteiger partial charge in [-0.05, 0) is 41.4 Å². The number of fused-ring (bicyclic) bond motifs is 1. The van der Waals surface area contributed by atoms with E-state index in [1.165, 1.54) is 0 Å². The molecule has 0 fully saturated rings. The number of benzene rings is 1. The highest BCUT2D eigenvalue weighted by Gasteiger charge is 2.21. The Morgan fingerprint density at radius 1 is 0.739 bits per heavy atom. The Kier molecular flexibility index (Phi) is 3.44. The third-order valence-electron chi connectivity index (χ3n) is 3.53. The second-order valence-corrected chi connectivity index (χ2v) is 5.51. The lowest BCUT2D eigenvalue weighted by molar-refractivity contribution is -0.613. The molecule has 0 spiro atoms. The average Bonchev–Trinajstić information content (AvgIpc) is 2.62. The van der Waals surface area contributed by atoms with E-state index in [1.807, 2.05) is 88.5 Å². The highest BCUT2D eigenvalue weighted by Crippen LogP contribution is 2.20. The fraction of sp³-hybridized carbons (Fsp3) is 0. The number of hydrogen-bond donors (Lipinski definition) is 0. The Bertz CT molecular complexity index is 972. The fourth-order valence-electron chi connectivity index (χ4n) is 2.46. The molecule has 0 unspecified atom stereocenters. The first kappa shape index (κ1) is 13.8. The monoisotopic (exact) mass is 320 g/mol. The molecule has 110 valence electrons. The molecular formula is C18H13ClN4+2. The summed E-state index contributed by atoms with van der Waals surface area (Å²) in [5, 5.41) is 1.61. The summed E-state index contributed by atoms with van der Waals surface area (Å²) in [6, 6.07) is 17.4. The fourth-order valence-corrected chi connectivity index (χ4v) is 2.62. The Labute approximate surface area is 138 Å². The summed E-state index contributed by atoms with van der Waals surface area (Å²) in [4.78, 5) is 9.39. The van der Waals surface area contributed by atoms with Gasteiger partial charge in [-0.2, -0.15) is 0 Å². The molecule has 0 saturated heterocycles. The minimum Gasteiger partial charge on any atom is -0.210 e. The van der Waals surface area contributed by atoms with Crippen LogP contribution in [-0.4, -0.2) is 9.97 Å². The molecule has 0 saturated carbocycles. The van der Waals surface area contributed by atoms with Crippen LogP contribution in [0.15, 0.2) is 79.4 Å². The Hall–Kier alpha value is -2.85. The van der Waals surface area contributed by atoms with Crippen LogP contribution in [0.5, 0.6) is 0 Å². The van der Waals surface area contributed by atoms with E-state index in [-0.39, 0.29) is 0 Å². The molecule has 0 bridgehead atoms. The van der Waals surface area contributed by atoms with Gasteiger partial charge in [-0.3, -0.25) is 0 Å². The van der Waals surface area contributed by atoms with Gasteiger partial charge in [-0.15, -0.1) is 0 Å². The van der Waals surface area contributed by atoms with Crippen molar-refractivity contribution in [2.24, 2.45) is 0 Å². The molecule has 4 nitrogen and oxygen atoms in total. The number of pyridine rings is 2. The van der Waals surface area contributed by atoms with Gasteiger partial charge in [0.05, 0.1) is 24.8 Å². The third-order valence-corrected chi connectivity index (χ3v) is 3.77. The summed E-state index contributed by atoms with van der Waals surface area (Å²) in [5.41, 5.74) is 0.810. The van der Waals surface area contributed by atoms with Crippen molar-refractivity contribution in [1.82, 2.24) is 9.97 Å². The van der Waals surface area contributed by atoms with E-state index in [1.54, 1.807) is 0 Å². The molecule has 4 rings (SSSR count). The van der Waals surface area contributed by atoms with Crippen LogP contribution in [0.2, 0.25) is 5.02 Å². The molecule has 0 aliphatic carbocycles. The summed E-state index contributed by atoms with van der Waals surface area (Å²) in [6.07, 6.45) is 7.78. The topological polar surface area (TPSA) is 33.5 Å². The van der Waals surface area contributed by atoms with E-state index in [0.29, 0.717) is 11.0 Å². The maximum Gasteiger partial charge on any atom is 0.441 e. The summed E-state index contributed by atoms with van der Waals surface area (Å²) in [5.74, 6) is 1.42. The van der Waals surface area contributed by atoms with Gasteiger partial charge in [-0.25, -0.2) is 9.13 Å². The molecule has 0 aliphatic heterocycles. The van der Waals surface area contributed by atoms with Gasteiger partial charge < -0.3 is 0 Å². The standard InChI is InChI=1S/C18H13ClN4/c19-14-7-8-15-16(13-14)20-18(23-11-5-2-6-12-23)21-17(15)22-9-3-1-4-10-22/h1-13H/q+2. The molecule has 3 aromatic heterocycles. The first-order chi connectivity index (χ1) is 11.3. The van der Waals surface area contributed by atoms with Gasteiger partial charge in [0.1, 0.15) is 5.39 Å². The van der Waals surface area contributed by atoms with Crippen LogP contribution in [0.1, 0.15) is 0 Å². The summed E-state index contributed by atoms with van der Waals surface area (Å²) in [6.45, 7) is 0. The van der Waals surface area contributed by atoms with Gasteiger partial charge in [0.2, 0.25) is 0 Å². The second-order valence-electron chi connectivity index (χ2n) is 5.07. The lowest BCUT2D eigenvalue weighted by Gasteiger charge is -2.02. The van der Waals surface area contributed by atoms with Crippen molar-refractivity contribution in [2.45, 2.75) is 0 Å². The first-order valence-corrected chi connectivity index (χ1v) is 7.60. The van der Waals surface area contributed by atoms with E-state index in [2.05, 4.69) is 4.98 Å². The van der Waals surface area contributed by atoms with Crippen molar-refractivity contribution in [3.8, 4) is 11.8 Å². The lowest BCUT2D eigenvalue weighted by Crippen LogP contribution is -2.36. The number of halogens is 1. The minimum atomic E-state index is 0.603. The molecule has 1 aromatic carbocycles. The van der Waals surface area contributed by atoms with Gasteiger partial charge in [-0.1, -0.05) is 28.7 Å². The van der Waals surface area contributed by atoms with Crippen LogP contribution in [0.3, 0.4) is 0 Å². The number of hydrogen-bond acceptors (Lipinski definition) is 2. The Morgan fingerprint density at radius 3 is 2.09 bits per heavy atom. The van der Waals surface area contributed by atoms with Crippen molar-refractivity contribution in [3.63, 3.8) is 0 Å². The van der Waals surface area contributed by atoms with E-state index in [4.69, 9.17) is 16.6 Å². The van der Waals surface area contributed by atoms with E-state index < -0.39 is 0 Å². The zero-order valence-electron chi connectivity index (χ0n) is 12.2. The molecule has 0 radical (unpaired) electrons. The van der Waals surface area contributed by atoms with Crippen LogP contribution < -0.4 is 9.13 Å². The van der Waals surface area contributed by atoms with Crippen LogP contribution in [0, 0.1) is 0 Å². The Balaban J connectivity index is 2.03. The highest BCUT2D eigenvalue weighted by molar-refractivity contribution is 6.31. The summed E-state index contributed by atoms with van der Waals surface area (Å²) < 4.78 is 3.86. The van der Waals surface area contributed by atoms with Crippen molar-refractivity contribution in [1.29, 1.82) is 0 Å². The molecule has 3 heterocycles. The van der Waals surface area contributed by atoms with Gasteiger partial charge >= 0.3 is 11.8 Å². The molecule has 0 atom stereocenters. The second kappa shape index (κ2) is 5.74. The number of nitrogens with zero attached hydrogens (tertiary/aromatic N) is 4. The summed E-state index contributed by atoms with van der Waals surface area (Å²) in [7, 11) is 0. The number of rotatable bonds is 2. The quantitative estimate of drug-likeness (QED) is 0.532. The van der Waals surface area contributed by atoms with Gasteiger partial charge in [0.15, 0.2) is 5.52 Å². The maximum atomic E-state index is 6.14. The molecule has 0 aliphatic rings. The predicted molar refractivity (Wildman–Crippen MR) is 87.6 cm³/mol. The molecule has 5 heteroatoms. The van der Waals surface area contributed by atoms with Crippen LogP contribution in [0.4, 0.5) is 0 Å². The van der Waals surface area contributed by atoms with Crippen LogP contribution >= 0.6 is 11.6 Å². The van der Waals surface area contributed by atoms with E-state index in [9.17, 15) is 0 Å². The zero-order valence-corrected chi connectivity index (χ0v) is 12.9. The molecule has 0 N–H and O–H groups in total. The van der Waals surface area contributed by atoms with Crippen LogP contribution in [0.25, 0.3) is 22.7 Å². The predicted octanol–water partition coefficient (Wildman–Crippen LogP) is 2.84. The van der Waals surface area contributed by atoms with Gasteiger partial charge in [0.25, 0.3) is 0 Å². The molecule has 0 amide bonds. The van der Waals surface area contributed by atoms with E-state index >= 15 is 0 Å². The van der Waals surface area contributed by atoms with Crippen molar-refractivity contribution in [2.75, 3.05) is 0 Å². The molecule has 23 heavy (non-hydrogen) atoms. The largest absolute Gasteiger partial charge is 0.441 e.